The number of carbonyl (C=O) groups excluding carboxylic acids is 3. The second-order valence-electron chi connectivity index (χ2n) is 8.38. The number of aliphatic hydroxyl groups is 1. The molecule has 2 fully saturated rings. The third-order valence-electron chi connectivity index (χ3n) is 6.54. The molecule has 30 heavy (non-hydrogen) atoms. The van der Waals surface area contributed by atoms with E-state index >= 15 is 0 Å². The maximum absolute atomic E-state index is 13.7. The van der Waals surface area contributed by atoms with Gasteiger partial charge in [-0.05, 0) is 19.3 Å². The Morgan fingerprint density at radius 2 is 2.03 bits per heavy atom. The summed E-state index contributed by atoms with van der Waals surface area (Å²) in [5, 5.41) is 9.18. The van der Waals surface area contributed by atoms with Gasteiger partial charge in [-0.25, -0.2) is 0 Å². The van der Waals surface area contributed by atoms with Gasteiger partial charge in [0, 0.05) is 31.5 Å². The zero-order chi connectivity index (χ0) is 21.3. The number of thioether (sulfide) groups is 1. The summed E-state index contributed by atoms with van der Waals surface area (Å²) >= 11 is 1.56. The van der Waals surface area contributed by atoms with Gasteiger partial charge in [0.25, 0.3) is 0 Å². The van der Waals surface area contributed by atoms with Gasteiger partial charge in [0.05, 0.1) is 23.2 Å². The summed E-state index contributed by atoms with van der Waals surface area (Å²) in [5.41, 5.74) is 0. The fraction of sp³-hybridized carbons (Fsp3) is 0.682. The Balaban J connectivity index is 1.77. The Labute approximate surface area is 181 Å². The highest BCUT2D eigenvalue weighted by molar-refractivity contribution is 8.02. The summed E-state index contributed by atoms with van der Waals surface area (Å²) in [6.07, 6.45) is 11.0. The number of fused-ring (bicyclic) bond motifs is 2. The van der Waals surface area contributed by atoms with Gasteiger partial charge < -0.3 is 19.6 Å². The zero-order valence-corrected chi connectivity index (χ0v) is 18.2. The SMILES string of the molecule is CCCCN1CC=C[C@]23S[C@H]4C=CCCOC(=O)[C@H]4[C@H]2C(=O)N(CCCO)C3C1=O. The molecule has 8 heteroatoms. The summed E-state index contributed by atoms with van der Waals surface area (Å²) in [6, 6.07) is -0.656. The maximum Gasteiger partial charge on any atom is 0.311 e. The van der Waals surface area contributed by atoms with Crippen molar-refractivity contribution in [1.29, 1.82) is 0 Å². The summed E-state index contributed by atoms with van der Waals surface area (Å²) in [6.45, 7) is 3.82. The van der Waals surface area contributed by atoms with Crippen LogP contribution in [0, 0.1) is 11.8 Å². The van der Waals surface area contributed by atoms with E-state index in [1.54, 1.807) is 16.7 Å². The first-order chi connectivity index (χ1) is 14.5. The molecule has 1 N–H and O–H groups in total. The van der Waals surface area contributed by atoms with Crippen molar-refractivity contribution in [3.05, 3.63) is 24.3 Å². The van der Waals surface area contributed by atoms with Crippen molar-refractivity contribution >= 4 is 29.5 Å². The molecule has 1 unspecified atom stereocenters. The van der Waals surface area contributed by atoms with E-state index in [-0.39, 0.29) is 29.6 Å². The first-order valence-corrected chi connectivity index (χ1v) is 11.8. The van der Waals surface area contributed by atoms with Crippen molar-refractivity contribution in [2.24, 2.45) is 11.8 Å². The average Bonchev–Trinajstić information content (AvgIpc) is 3.10. The Kier molecular flexibility index (Phi) is 6.25. The quantitative estimate of drug-likeness (QED) is 0.502. The van der Waals surface area contributed by atoms with E-state index in [0.29, 0.717) is 39.1 Å². The third-order valence-corrected chi connectivity index (χ3v) is 8.29. The topological polar surface area (TPSA) is 87.2 Å². The monoisotopic (exact) mass is 434 g/mol. The molecule has 0 aromatic carbocycles. The van der Waals surface area contributed by atoms with Gasteiger partial charge in [0.2, 0.25) is 11.8 Å². The number of cyclic esters (lactones) is 1. The van der Waals surface area contributed by atoms with Gasteiger partial charge >= 0.3 is 5.97 Å². The fourth-order valence-corrected chi connectivity index (χ4v) is 7.19. The zero-order valence-electron chi connectivity index (χ0n) is 17.4. The molecular weight excluding hydrogens is 404 g/mol. The number of ether oxygens (including phenoxy) is 1. The minimum Gasteiger partial charge on any atom is -0.465 e. The van der Waals surface area contributed by atoms with Crippen molar-refractivity contribution in [2.45, 2.75) is 48.6 Å². The van der Waals surface area contributed by atoms with Crippen LogP contribution in [-0.4, -0.2) is 81.6 Å². The maximum atomic E-state index is 13.7. The fourth-order valence-electron chi connectivity index (χ4n) is 5.18. The van der Waals surface area contributed by atoms with Crippen LogP contribution in [0.1, 0.15) is 32.6 Å². The Bertz CT molecular complexity index is 769. The molecule has 4 rings (SSSR count). The molecule has 164 valence electrons. The molecule has 0 saturated carbocycles. The lowest BCUT2D eigenvalue weighted by molar-refractivity contribution is -0.153. The molecule has 2 saturated heterocycles. The van der Waals surface area contributed by atoms with Crippen LogP contribution in [0.5, 0.6) is 0 Å². The number of rotatable bonds is 6. The second-order valence-corrected chi connectivity index (χ2v) is 9.86. The van der Waals surface area contributed by atoms with E-state index in [1.807, 2.05) is 29.2 Å². The third kappa shape index (κ3) is 3.38. The van der Waals surface area contributed by atoms with Gasteiger partial charge in [-0.3, -0.25) is 14.4 Å². The van der Waals surface area contributed by atoms with E-state index in [9.17, 15) is 19.5 Å². The number of hydrogen-bond acceptors (Lipinski definition) is 6. The number of amides is 2. The highest BCUT2D eigenvalue weighted by atomic mass is 32.2. The Morgan fingerprint density at radius 3 is 2.80 bits per heavy atom. The van der Waals surface area contributed by atoms with Crippen LogP contribution < -0.4 is 0 Å². The van der Waals surface area contributed by atoms with Gasteiger partial charge in [-0.15, -0.1) is 11.8 Å². The molecule has 0 radical (unpaired) electrons. The molecule has 4 heterocycles. The molecule has 4 aliphatic heterocycles. The summed E-state index contributed by atoms with van der Waals surface area (Å²) in [5.74, 6) is -1.79. The largest absolute Gasteiger partial charge is 0.465 e. The average molecular weight is 435 g/mol. The summed E-state index contributed by atoms with van der Waals surface area (Å²) in [7, 11) is 0. The summed E-state index contributed by atoms with van der Waals surface area (Å²) in [4.78, 5) is 43.7. The van der Waals surface area contributed by atoms with Crippen LogP contribution in [0.4, 0.5) is 0 Å². The van der Waals surface area contributed by atoms with Crippen molar-refractivity contribution in [2.75, 3.05) is 32.8 Å². The van der Waals surface area contributed by atoms with Crippen LogP contribution in [0.15, 0.2) is 24.3 Å². The van der Waals surface area contributed by atoms with Gasteiger partial charge in [0.15, 0.2) is 0 Å². The molecule has 0 bridgehead atoms. The lowest BCUT2D eigenvalue weighted by atomic mass is 9.78. The number of aliphatic hydroxyl groups excluding tert-OH is 1. The summed E-state index contributed by atoms with van der Waals surface area (Å²) < 4.78 is 4.66. The molecule has 0 aromatic rings. The molecule has 0 aliphatic carbocycles. The van der Waals surface area contributed by atoms with E-state index < -0.39 is 22.6 Å². The van der Waals surface area contributed by atoms with Gasteiger partial charge in [-0.1, -0.05) is 37.6 Å². The first-order valence-electron chi connectivity index (χ1n) is 10.9. The Hall–Kier alpha value is -1.80. The van der Waals surface area contributed by atoms with Crippen LogP contribution >= 0.6 is 11.8 Å². The smallest absolute Gasteiger partial charge is 0.311 e. The number of nitrogens with zero attached hydrogens (tertiary/aromatic N) is 2. The molecular formula is C22H30N2O5S. The van der Waals surface area contributed by atoms with Crippen molar-refractivity contribution in [3.63, 3.8) is 0 Å². The van der Waals surface area contributed by atoms with E-state index in [0.717, 1.165) is 12.8 Å². The number of esters is 1. The molecule has 2 amide bonds. The van der Waals surface area contributed by atoms with Crippen molar-refractivity contribution < 1.29 is 24.2 Å². The highest BCUT2D eigenvalue weighted by Crippen LogP contribution is 2.60. The lowest BCUT2D eigenvalue weighted by Crippen LogP contribution is -2.53. The van der Waals surface area contributed by atoms with Crippen molar-refractivity contribution in [3.8, 4) is 0 Å². The van der Waals surface area contributed by atoms with Crippen LogP contribution in [-0.2, 0) is 19.1 Å². The number of unbranched alkanes of at least 4 members (excludes halogenated alkanes) is 1. The van der Waals surface area contributed by atoms with Gasteiger partial charge in [0.1, 0.15) is 6.04 Å². The van der Waals surface area contributed by atoms with E-state index in [4.69, 9.17) is 4.74 Å². The molecule has 4 aliphatic rings. The molecule has 5 atom stereocenters. The molecule has 7 nitrogen and oxygen atoms in total. The number of likely N-dealkylation sites (tertiary alicyclic amines) is 1. The van der Waals surface area contributed by atoms with Crippen LogP contribution in [0.25, 0.3) is 0 Å². The van der Waals surface area contributed by atoms with Crippen molar-refractivity contribution in [1.82, 2.24) is 9.80 Å². The predicted octanol–water partition coefficient (Wildman–Crippen LogP) is 1.37. The minimum atomic E-state index is -0.784. The van der Waals surface area contributed by atoms with Gasteiger partial charge in [-0.2, -0.15) is 0 Å². The van der Waals surface area contributed by atoms with Crippen LogP contribution in [0.2, 0.25) is 0 Å². The predicted molar refractivity (Wildman–Crippen MR) is 114 cm³/mol. The van der Waals surface area contributed by atoms with E-state index in [1.165, 1.54) is 0 Å². The van der Waals surface area contributed by atoms with Crippen LogP contribution in [0.3, 0.4) is 0 Å². The normalized spacial score (nSPS) is 35.5. The lowest BCUT2D eigenvalue weighted by Gasteiger charge is -2.35. The molecule has 1 spiro atoms. The first kappa shape index (κ1) is 21.4. The van der Waals surface area contributed by atoms with E-state index in [2.05, 4.69) is 6.92 Å². The number of carbonyl (C=O) groups is 3. The standard InChI is InChI=1S/C22H30N2O5S/c1-2-3-10-23-11-6-9-22-17(16-15(30-22)8-4-5-14-29-21(16)28)19(26)24(12-7-13-25)18(22)20(23)27/h4,6,8-9,15-18,25H,2-3,5,7,10-14H2,1H3/t15-,16+,17-,18?,22-/m0/s1. The molecule has 0 aromatic heterocycles. The Morgan fingerprint density at radius 1 is 1.20 bits per heavy atom. The minimum absolute atomic E-state index is 0.0538. The highest BCUT2D eigenvalue weighted by Gasteiger charge is 2.70. The second kappa shape index (κ2) is 8.75. The number of hydrogen-bond donors (Lipinski definition) is 1.